The highest BCUT2D eigenvalue weighted by Gasteiger charge is 2.12. The number of para-hydroxylation sites is 2. The van der Waals surface area contributed by atoms with Crippen molar-refractivity contribution in [1.82, 2.24) is 20.1 Å². The summed E-state index contributed by atoms with van der Waals surface area (Å²) in [4.78, 5) is 16.6. The zero-order chi connectivity index (χ0) is 19.9. The van der Waals surface area contributed by atoms with Gasteiger partial charge in [-0.25, -0.2) is 9.67 Å². The van der Waals surface area contributed by atoms with Gasteiger partial charge in [-0.3, -0.25) is 4.79 Å². The lowest BCUT2D eigenvalue weighted by Gasteiger charge is -2.12. The first-order valence-corrected chi connectivity index (χ1v) is 9.28. The predicted molar refractivity (Wildman–Crippen MR) is 110 cm³/mol. The Morgan fingerprint density at radius 2 is 1.62 bits per heavy atom. The number of rotatable bonds is 7. The third-order valence-electron chi connectivity index (χ3n) is 4.39. The van der Waals surface area contributed by atoms with E-state index in [-0.39, 0.29) is 5.91 Å². The molecule has 0 saturated heterocycles. The lowest BCUT2D eigenvalue weighted by atomic mass is 10.1. The van der Waals surface area contributed by atoms with Gasteiger partial charge in [0.1, 0.15) is 24.2 Å². The molecule has 1 aromatic heterocycles. The van der Waals surface area contributed by atoms with Crippen molar-refractivity contribution in [3.05, 3.63) is 108 Å². The first kappa shape index (κ1) is 18.4. The monoisotopic (exact) mass is 384 g/mol. The Morgan fingerprint density at radius 1 is 0.897 bits per heavy atom. The van der Waals surface area contributed by atoms with E-state index in [1.807, 2.05) is 66.7 Å². The van der Waals surface area contributed by atoms with E-state index in [1.165, 1.54) is 6.33 Å². The average Bonchev–Trinajstić information content (AvgIpc) is 3.27. The van der Waals surface area contributed by atoms with E-state index in [4.69, 9.17) is 4.74 Å². The molecule has 0 bridgehead atoms. The van der Waals surface area contributed by atoms with Crippen LogP contribution in [0.5, 0.6) is 11.5 Å². The minimum absolute atomic E-state index is 0.178. The number of amides is 1. The summed E-state index contributed by atoms with van der Waals surface area (Å²) >= 11 is 0. The van der Waals surface area contributed by atoms with Crippen molar-refractivity contribution in [2.75, 3.05) is 0 Å². The van der Waals surface area contributed by atoms with Crippen LogP contribution in [-0.4, -0.2) is 20.7 Å². The van der Waals surface area contributed by atoms with E-state index < -0.39 is 0 Å². The molecule has 4 aromatic rings. The third-order valence-corrected chi connectivity index (χ3v) is 4.39. The Balaban J connectivity index is 1.38. The Kier molecular flexibility index (Phi) is 5.62. The normalized spacial score (nSPS) is 10.5. The maximum absolute atomic E-state index is 12.7. The maximum atomic E-state index is 12.7. The molecule has 0 aliphatic carbocycles. The Hall–Kier alpha value is -3.93. The minimum Gasteiger partial charge on any atom is -0.457 e. The fourth-order valence-electron chi connectivity index (χ4n) is 2.90. The molecule has 0 spiro atoms. The van der Waals surface area contributed by atoms with Gasteiger partial charge in [0.05, 0.1) is 12.1 Å². The van der Waals surface area contributed by atoms with Gasteiger partial charge in [0.2, 0.25) is 0 Å². The number of carbonyl (C=O) groups excluding carboxylic acids is 1. The summed E-state index contributed by atoms with van der Waals surface area (Å²) in [5.41, 5.74) is 2.63. The van der Waals surface area contributed by atoms with Crippen LogP contribution in [0.1, 0.15) is 21.5 Å². The van der Waals surface area contributed by atoms with E-state index in [2.05, 4.69) is 15.4 Å². The summed E-state index contributed by atoms with van der Waals surface area (Å²) in [7, 11) is 0. The lowest BCUT2D eigenvalue weighted by molar-refractivity contribution is 0.0948. The summed E-state index contributed by atoms with van der Waals surface area (Å²) in [6, 6.07) is 24.7. The van der Waals surface area contributed by atoms with Crippen LogP contribution >= 0.6 is 0 Å². The topological polar surface area (TPSA) is 69.0 Å². The number of nitrogens with zero attached hydrogens (tertiary/aromatic N) is 3. The van der Waals surface area contributed by atoms with E-state index in [0.717, 1.165) is 11.1 Å². The molecule has 0 atom stereocenters. The molecule has 1 N–H and O–H groups in total. The molecule has 0 aliphatic rings. The number of hydrogen-bond acceptors (Lipinski definition) is 4. The van der Waals surface area contributed by atoms with Gasteiger partial charge in [0.25, 0.3) is 5.91 Å². The minimum atomic E-state index is -0.178. The standard InChI is InChI=1S/C23H20N4O2/c28-23(21-8-4-5-9-22(21)29-20-6-2-1-3-7-20)25-14-18-10-12-19(13-11-18)15-27-17-24-16-26-27/h1-13,16-17H,14-15H2,(H,25,28). The molecule has 6 nitrogen and oxygen atoms in total. The first-order valence-electron chi connectivity index (χ1n) is 9.28. The second-order valence-electron chi connectivity index (χ2n) is 6.50. The predicted octanol–water partition coefficient (Wildman–Crippen LogP) is 4.05. The van der Waals surface area contributed by atoms with Crippen molar-refractivity contribution in [2.45, 2.75) is 13.1 Å². The third kappa shape index (κ3) is 4.87. The number of ether oxygens (including phenoxy) is 1. The van der Waals surface area contributed by atoms with Crippen LogP contribution in [0.3, 0.4) is 0 Å². The first-order chi connectivity index (χ1) is 14.3. The Morgan fingerprint density at radius 3 is 2.38 bits per heavy atom. The fourth-order valence-corrected chi connectivity index (χ4v) is 2.90. The van der Waals surface area contributed by atoms with Gasteiger partial charge in [-0.15, -0.1) is 0 Å². The summed E-state index contributed by atoms with van der Waals surface area (Å²) in [5, 5.41) is 7.06. The van der Waals surface area contributed by atoms with E-state index in [1.54, 1.807) is 23.1 Å². The zero-order valence-corrected chi connectivity index (χ0v) is 15.7. The van der Waals surface area contributed by atoms with Crippen molar-refractivity contribution < 1.29 is 9.53 Å². The van der Waals surface area contributed by atoms with Crippen molar-refractivity contribution in [3.8, 4) is 11.5 Å². The average molecular weight is 384 g/mol. The molecule has 1 heterocycles. The number of hydrogen-bond donors (Lipinski definition) is 1. The second-order valence-corrected chi connectivity index (χ2v) is 6.50. The van der Waals surface area contributed by atoms with Gasteiger partial charge in [-0.05, 0) is 35.4 Å². The highest BCUT2D eigenvalue weighted by Crippen LogP contribution is 2.25. The second kappa shape index (κ2) is 8.84. The molecule has 0 saturated carbocycles. The van der Waals surface area contributed by atoms with Gasteiger partial charge in [0.15, 0.2) is 0 Å². The summed E-state index contributed by atoms with van der Waals surface area (Å²) in [6.45, 7) is 1.10. The van der Waals surface area contributed by atoms with E-state index in [9.17, 15) is 4.79 Å². The van der Waals surface area contributed by atoms with Crippen molar-refractivity contribution >= 4 is 5.91 Å². The molecule has 3 aromatic carbocycles. The van der Waals surface area contributed by atoms with Crippen LogP contribution in [0, 0.1) is 0 Å². The summed E-state index contributed by atoms with van der Waals surface area (Å²) < 4.78 is 7.64. The van der Waals surface area contributed by atoms with Gasteiger partial charge in [0, 0.05) is 6.54 Å². The lowest BCUT2D eigenvalue weighted by Crippen LogP contribution is -2.23. The molecule has 4 rings (SSSR count). The van der Waals surface area contributed by atoms with Gasteiger partial charge >= 0.3 is 0 Å². The molecule has 0 unspecified atom stereocenters. The highest BCUT2D eigenvalue weighted by molar-refractivity contribution is 5.96. The van der Waals surface area contributed by atoms with Gasteiger partial charge in [-0.2, -0.15) is 5.10 Å². The SMILES string of the molecule is O=C(NCc1ccc(Cn2cncn2)cc1)c1ccccc1Oc1ccccc1. The maximum Gasteiger partial charge on any atom is 0.255 e. The number of nitrogens with one attached hydrogen (secondary N) is 1. The van der Waals surface area contributed by atoms with Crippen molar-refractivity contribution in [2.24, 2.45) is 0 Å². The van der Waals surface area contributed by atoms with Crippen molar-refractivity contribution in [3.63, 3.8) is 0 Å². The molecule has 1 amide bonds. The largest absolute Gasteiger partial charge is 0.457 e. The Labute approximate surface area is 168 Å². The smallest absolute Gasteiger partial charge is 0.255 e. The molecular formula is C23H20N4O2. The molecule has 0 aliphatic heterocycles. The quantitative estimate of drug-likeness (QED) is 0.522. The highest BCUT2D eigenvalue weighted by atomic mass is 16.5. The molecular weight excluding hydrogens is 364 g/mol. The van der Waals surface area contributed by atoms with Gasteiger partial charge in [-0.1, -0.05) is 54.6 Å². The number of carbonyl (C=O) groups is 1. The fraction of sp³-hybridized carbons (Fsp3) is 0.0870. The molecule has 6 heteroatoms. The summed E-state index contributed by atoms with van der Waals surface area (Å²) in [5.74, 6) is 1.04. The number of benzene rings is 3. The summed E-state index contributed by atoms with van der Waals surface area (Å²) in [6.07, 6.45) is 3.20. The zero-order valence-electron chi connectivity index (χ0n) is 15.7. The van der Waals surface area contributed by atoms with Crippen molar-refractivity contribution in [1.29, 1.82) is 0 Å². The molecule has 0 radical (unpaired) electrons. The van der Waals surface area contributed by atoms with Crippen LogP contribution in [0.25, 0.3) is 0 Å². The van der Waals surface area contributed by atoms with Crippen LogP contribution in [0.4, 0.5) is 0 Å². The van der Waals surface area contributed by atoms with Crippen LogP contribution in [0.2, 0.25) is 0 Å². The van der Waals surface area contributed by atoms with Gasteiger partial charge < -0.3 is 10.1 Å². The molecule has 29 heavy (non-hydrogen) atoms. The number of aromatic nitrogens is 3. The Bertz CT molecular complexity index is 1060. The van der Waals surface area contributed by atoms with Crippen LogP contribution in [-0.2, 0) is 13.1 Å². The molecule has 0 fully saturated rings. The van der Waals surface area contributed by atoms with Crippen LogP contribution in [0.15, 0.2) is 91.5 Å². The van der Waals surface area contributed by atoms with E-state index >= 15 is 0 Å². The molecule has 144 valence electrons. The van der Waals surface area contributed by atoms with E-state index in [0.29, 0.717) is 30.2 Å². The van der Waals surface area contributed by atoms with Crippen LogP contribution < -0.4 is 10.1 Å².